The number of hydrogen-bond donors (Lipinski definition) is 1. The van der Waals surface area contributed by atoms with Crippen molar-refractivity contribution in [3.63, 3.8) is 0 Å². The quantitative estimate of drug-likeness (QED) is 0.612. The molecule has 19 heavy (non-hydrogen) atoms. The summed E-state index contributed by atoms with van der Waals surface area (Å²) in [6, 6.07) is 7.88. The zero-order valence-electron chi connectivity index (χ0n) is 11.7. The molecule has 0 saturated carbocycles. The molecule has 0 spiro atoms. The van der Waals surface area contributed by atoms with Crippen LogP contribution in [-0.2, 0) is 0 Å². The van der Waals surface area contributed by atoms with Gasteiger partial charge in [0.1, 0.15) is 5.52 Å². The Morgan fingerprint density at radius 2 is 2.05 bits per heavy atom. The molecule has 2 N–H and O–H groups in total. The zero-order valence-corrected chi connectivity index (χ0v) is 12.5. The SMILES string of the molecule is CC(C)(CN)CCCCSc1nc2ccccc2o1. The molecule has 2 aromatic rings. The third-order valence-corrected chi connectivity index (χ3v) is 4.21. The Bertz CT molecular complexity index is 489. The third-order valence-electron chi connectivity index (χ3n) is 3.30. The molecule has 0 amide bonds. The van der Waals surface area contributed by atoms with Gasteiger partial charge < -0.3 is 10.2 Å². The van der Waals surface area contributed by atoms with E-state index in [0.717, 1.165) is 28.6 Å². The van der Waals surface area contributed by atoms with Crippen LogP contribution in [-0.4, -0.2) is 17.3 Å². The van der Waals surface area contributed by atoms with Gasteiger partial charge in [0.2, 0.25) is 0 Å². The van der Waals surface area contributed by atoms with Gasteiger partial charge in [0.25, 0.3) is 5.22 Å². The van der Waals surface area contributed by atoms with E-state index in [-0.39, 0.29) is 5.41 Å². The first-order valence-corrected chi connectivity index (χ1v) is 7.78. The summed E-state index contributed by atoms with van der Waals surface area (Å²) in [5, 5.41) is 0.777. The lowest BCUT2D eigenvalue weighted by atomic mass is 9.88. The second-order valence-corrected chi connectivity index (χ2v) is 6.67. The van der Waals surface area contributed by atoms with Crippen LogP contribution in [0, 0.1) is 5.41 Å². The van der Waals surface area contributed by atoms with E-state index in [1.54, 1.807) is 11.8 Å². The van der Waals surface area contributed by atoms with Crippen molar-refractivity contribution < 1.29 is 4.42 Å². The molecule has 0 aliphatic heterocycles. The molecule has 4 heteroatoms. The van der Waals surface area contributed by atoms with E-state index in [2.05, 4.69) is 18.8 Å². The van der Waals surface area contributed by atoms with E-state index in [4.69, 9.17) is 10.2 Å². The fourth-order valence-corrected chi connectivity index (χ4v) is 2.71. The second-order valence-electron chi connectivity index (χ2n) is 5.62. The van der Waals surface area contributed by atoms with Crippen molar-refractivity contribution in [1.29, 1.82) is 0 Å². The van der Waals surface area contributed by atoms with Gasteiger partial charge in [0.05, 0.1) is 0 Å². The van der Waals surface area contributed by atoms with Gasteiger partial charge in [-0.15, -0.1) is 0 Å². The van der Waals surface area contributed by atoms with E-state index >= 15 is 0 Å². The number of nitrogens with zero attached hydrogens (tertiary/aromatic N) is 1. The van der Waals surface area contributed by atoms with Gasteiger partial charge in [-0.1, -0.05) is 44.2 Å². The van der Waals surface area contributed by atoms with Crippen LogP contribution in [0.5, 0.6) is 0 Å². The molecule has 104 valence electrons. The molecule has 0 aliphatic carbocycles. The van der Waals surface area contributed by atoms with Crippen LogP contribution < -0.4 is 5.73 Å². The number of fused-ring (bicyclic) bond motifs is 1. The van der Waals surface area contributed by atoms with Crippen LogP contribution in [0.15, 0.2) is 33.9 Å². The highest BCUT2D eigenvalue weighted by Crippen LogP contribution is 2.26. The van der Waals surface area contributed by atoms with E-state index in [1.807, 2.05) is 24.3 Å². The van der Waals surface area contributed by atoms with E-state index in [9.17, 15) is 0 Å². The van der Waals surface area contributed by atoms with Crippen LogP contribution in [0.2, 0.25) is 0 Å². The lowest BCUT2D eigenvalue weighted by molar-refractivity contribution is 0.336. The lowest BCUT2D eigenvalue weighted by Crippen LogP contribution is -2.23. The number of unbranched alkanes of at least 4 members (excludes halogenated alkanes) is 1. The maximum atomic E-state index is 5.72. The van der Waals surface area contributed by atoms with Crippen LogP contribution in [0.25, 0.3) is 11.1 Å². The molecular weight excluding hydrogens is 256 g/mol. The van der Waals surface area contributed by atoms with Gasteiger partial charge in [-0.05, 0) is 36.9 Å². The van der Waals surface area contributed by atoms with Gasteiger partial charge in [-0.2, -0.15) is 0 Å². The summed E-state index contributed by atoms with van der Waals surface area (Å²) in [4.78, 5) is 4.45. The van der Waals surface area contributed by atoms with Crippen LogP contribution in [0.1, 0.15) is 33.1 Å². The lowest BCUT2D eigenvalue weighted by Gasteiger charge is -2.21. The molecule has 0 bridgehead atoms. The highest BCUT2D eigenvalue weighted by Gasteiger charge is 2.14. The maximum Gasteiger partial charge on any atom is 0.256 e. The Balaban J connectivity index is 1.74. The fourth-order valence-electron chi connectivity index (χ4n) is 1.88. The highest BCUT2D eigenvalue weighted by atomic mass is 32.2. The summed E-state index contributed by atoms with van der Waals surface area (Å²) < 4.78 is 5.67. The molecular formula is C15H22N2OS. The average molecular weight is 278 g/mol. The molecule has 1 heterocycles. The summed E-state index contributed by atoms with van der Waals surface area (Å²) in [5.41, 5.74) is 7.80. The van der Waals surface area contributed by atoms with E-state index < -0.39 is 0 Å². The summed E-state index contributed by atoms with van der Waals surface area (Å²) in [5.74, 6) is 1.05. The van der Waals surface area contributed by atoms with Crippen molar-refractivity contribution in [3.05, 3.63) is 24.3 Å². The first kappa shape index (κ1) is 14.4. The van der Waals surface area contributed by atoms with E-state index in [0.29, 0.717) is 0 Å². The number of oxazole rings is 1. The van der Waals surface area contributed by atoms with Crippen molar-refractivity contribution in [2.24, 2.45) is 11.1 Å². The molecule has 1 aromatic carbocycles. The molecule has 0 unspecified atom stereocenters. The third kappa shape index (κ3) is 4.25. The summed E-state index contributed by atoms with van der Waals surface area (Å²) >= 11 is 1.70. The first-order valence-electron chi connectivity index (χ1n) is 6.79. The number of thioether (sulfide) groups is 1. The van der Waals surface area contributed by atoms with Gasteiger partial charge in [-0.3, -0.25) is 0 Å². The predicted octanol–water partition coefficient (Wildman–Crippen LogP) is 4.08. The largest absolute Gasteiger partial charge is 0.431 e. The fraction of sp³-hybridized carbons (Fsp3) is 0.533. The zero-order chi connectivity index (χ0) is 13.7. The van der Waals surface area contributed by atoms with Crippen LogP contribution in [0.3, 0.4) is 0 Å². The smallest absolute Gasteiger partial charge is 0.256 e. The molecule has 3 nitrogen and oxygen atoms in total. The molecule has 2 rings (SSSR count). The summed E-state index contributed by atoms with van der Waals surface area (Å²) in [6.07, 6.45) is 3.56. The number of rotatable bonds is 7. The standard InChI is InChI=1S/C15H22N2OS/c1-15(2,11-16)9-5-6-10-19-14-17-12-7-3-4-8-13(12)18-14/h3-4,7-8H,5-6,9-11,16H2,1-2H3. The Morgan fingerprint density at radius 1 is 1.26 bits per heavy atom. The number of nitrogens with two attached hydrogens (primary N) is 1. The van der Waals surface area contributed by atoms with Gasteiger partial charge >= 0.3 is 0 Å². The van der Waals surface area contributed by atoms with Crippen LogP contribution in [0.4, 0.5) is 0 Å². The van der Waals surface area contributed by atoms with Crippen LogP contribution >= 0.6 is 11.8 Å². The molecule has 0 aliphatic rings. The number of benzene rings is 1. The predicted molar refractivity (Wildman–Crippen MR) is 81.4 cm³/mol. The molecule has 0 saturated heterocycles. The molecule has 0 radical (unpaired) electrons. The summed E-state index contributed by atoms with van der Waals surface area (Å²) in [6.45, 7) is 5.20. The van der Waals surface area contributed by atoms with Crippen molar-refractivity contribution in [2.45, 2.75) is 38.3 Å². The van der Waals surface area contributed by atoms with Crippen molar-refractivity contribution in [2.75, 3.05) is 12.3 Å². The Kier molecular flexibility index (Phi) is 4.88. The van der Waals surface area contributed by atoms with E-state index in [1.165, 1.54) is 19.3 Å². The number of para-hydroxylation sites is 2. The Morgan fingerprint density at radius 3 is 2.79 bits per heavy atom. The minimum absolute atomic E-state index is 0.266. The van der Waals surface area contributed by atoms with Gasteiger partial charge in [-0.25, -0.2) is 4.98 Å². The number of hydrogen-bond acceptors (Lipinski definition) is 4. The minimum atomic E-state index is 0.266. The molecule has 0 atom stereocenters. The topological polar surface area (TPSA) is 52.0 Å². The minimum Gasteiger partial charge on any atom is -0.431 e. The van der Waals surface area contributed by atoms with Crippen molar-refractivity contribution >= 4 is 22.9 Å². The monoisotopic (exact) mass is 278 g/mol. The van der Waals surface area contributed by atoms with Crippen molar-refractivity contribution in [3.8, 4) is 0 Å². The molecule has 1 aromatic heterocycles. The van der Waals surface area contributed by atoms with Crippen molar-refractivity contribution in [1.82, 2.24) is 4.98 Å². The summed E-state index contributed by atoms with van der Waals surface area (Å²) in [7, 11) is 0. The normalized spacial score (nSPS) is 12.2. The van der Waals surface area contributed by atoms with Gasteiger partial charge in [0, 0.05) is 5.75 Å². The number of aromatic nitrogens is 1. The maximum absolute atomic E-state index is 5.72. The molecule has 0 fully saturated rings. The van der Waals surface area contributed by atoms with Gasteiger partial charge in [0.15, 0.2) is 5.58 Å². The highest BCUT2D eigenvalue weighted by molar-refractivity contribution is 7.99. The average Bonchev–Trinajstić information content (AvgIpc) is 2.81. The Hall–Kier alpha value is -1.00. The first-order chi connectivity index (χ1) is 9.11. The second kappa shape index (κ2) is 6.44. The Labute approximate surface area is 119 Å².